The summed E-state index contributed by atoms with van der Waals surface area (Å²) < 4.78 is 5.55. The van der Waals surface area contributed by atoms with E-state index in [9.17, 15) is 9.90 Å². The van der Waals surface area contributed by atoms with E-state index in [1.54, 1.807) is 5.57 Å². The molecule has 3 nitrogen and oxygen atoms in total. The first-order chi connectivity index (χ1) is 12.8. The van der Waals surface area contributed by atoms with E-state index in [0.717, 1.165) is 37.0 Å². The van der Waals surface area contributed by atoms with E-state index in [1.165, 1.54) is 38.2 Å². The van der Waals surface area contributed by atoms with Crippen LogP contribution in [-0.2, 0) is 9.53 Å². The summed E-state index contributed by atoms with van der Waals surface area (Å²) in [4.78, 5) is 11.4. The molecule has 4 rings (SSSR count). The number of carbonyl (C=O) groups excluding carboxylic acids is 1. The number of rotatable bonds is 3. The van der Waals surface area contributed by atoms with Gasteiger partial charge in [-0.3, -0.25) is 4.79 Å². The summed E-state index contributed by atoms with van der Waals surface area (Å²) in [5.41, 5.74) is 3.64. The Hall–Kier alpha value is -1.09. The zero-order valence-electron chi connectivity index (χ0n) is 17.5. The maximum Gasteiger partial charge on any atom is 0.302 e. The molecule has 0 saturated heterocycles. The van der Waals surface area contributed by atoms with Crippen molar-refractivity contribution >= 4 is 5.97 Å². The van der Waals surface area contributed by atoms with Gasteiger partial charge in [0, 0.05) is 25.9 Å². The van der Waals surface area contributed by atoms with Crippen molar-refractivity contribution in [2.45, 2.75) is 78.7 Å². The van der Waals surface area contributed by atoms with Crippen LogP contribution in [0.1, 0.15) is 72.6 Å². The Bertz CT molecular complexity index is 677. The molecule has 27 heavy (non-hydrogen) atoms. The van der Waals surface area contributed by atoms with Gasteiger partial charge in [-0.1, -0.05) is 44.1 Å². The Kier molecular flexibility index (Phi) is 4.81. The molecule has 7 atom stereocenters. The number of ether oxygens (including phenoxy) is 1. The van der Waals surface area contributed by atoms with E-state index in [0.29, 0.717) is 5.92 Å². The van der Waals surface area contributed by atoms with Crippen molar-refractivity contribution in [3.8, 4) is 0 Å². The van der Waals surface area contributed by atoms with Gasteiger partial charge in [0.1, 0.15) is 6.10 Å². The highest BCUT2D eigenvalue weighted by molar-refractivity contribution is 5.66. The third-order valence-electron chi connectivity index (χ3n) is 8.84. The van der Waals surface area contributed by atoms with Crippen LogP contribution in [0.3, 0.4) is 0 Å². The molecule has 0 amide bonds. The van der Waals surface area contributed by atoms with Crippen molar-refractivity contribution in [3.05, 3.63) is 23.3 Å². The lowest BCUT2D eigenvalue weighted by molar-refractivity contribution is -0.148. The highest BCUT2D eigenvalue weighted by atomic mass is 16.5. The third-order valence-corrected chi connectivity index (χ3v) is 8.84. The molecule has 2 saturated carbocycles. The molecule has 2 fully saturated rings. The lowest BCUT2D eigenvalue weighted by atomic mass is 9.47. The minimum atomic E-state index is -0.145. The molecule has 0 aliphatic heterocycles. The first kappa shape index (κ1) is 19.2. The van der Waals surface area contributed by atoms with Gasteiger partial charge in [-0.05, 0) is 67.1 Å². The summed E-state index contributed by atoms with van der Waals surface area (Å²) in [6.45, 7) is 8.93. The molecule has 0 unspecified atom stereocenters. The number of hydrogen-bond donors (Lipinski definition) is 1. The zero-order chi connectivity index (χ0) is 19.4. The molecule has 0 aromatic heterocycles. The van der Waals surface area contributed by atoms with Crippen molar-refractivity contribution in [3.63, 3.8) is 0 Å². The Morgan fingerprint density at radius 3 is 2.63 bits per heavy atom. The molecule has 1 N–H and O–H groups in total. The fourth-order valence-electron chi connectivity index (χ4n) is 7.43. The minimum absolute atomic E-state index is 0.0809. The van der Waals surface area contributed by atoms with Gasteiger partial charge in [0.2, 0.25) is 0 Å². The first-order valence-corrected chi connectivity index (χ1v) is 11.0. The van der Waals surface area contributed by atoms with Crippen LogP contribution in [0.5, 0.6) is 0 Å². The molecule has 3 heteroatoms. The number of hydrogen-bond acceptors (Lipinski definition) is 3. The lowest BCUT2D eigenvalue weighted by Gasteiger charge is -2.58. The molecule has 0 spiro atoms. The first-order valence-electron chi connectivity index (χ1n) is 11.0. The summed E-state index contributed by atoms with van der Waals surface area (Å²) in [6, 6.07) is 0. The topological polar surface area (TPSA) is 46.5 Å². The number of allylic oxidation sites excluding steroid dienone is 2. The monoisotopic (exact) mass is 372 g/mol. The molecule has 0 aromatic rings. The highest BCUT2D eigenvalue weighted by Gasteiger charge is 2.57. The number of carbonyl (C=O) groups is 1. The Morgan fingerprint density at radius 1 is 1.19 bits per heavy atom. The van der Waals surface area contributed by atoms with E-state index < -0.39 is 0 Å². The van der Waals surface area contributed by atoms with Crippen LogP contribution in [0.2, 0.25) is 0 Å². The molecule has 0 heterocycles. The zero-order valence-corrected chi connectivity index (χ0v) is 17.5. The predicted octanol–water partition coefficient (Wildman–Crippen LogP) is 5.05. The van der Waals surface area contributed by atoms with Crippen LogP contribution in [0.15, 0.2) is 23.3 Å². The number of fused-ring (bicyclic) bond motifs is 5. The Labute approximate surface area is 164 Å². The van der Waals surface area contributed by atoms with Gasteiger partial charge in [0.15, 0.2) is 0 Å². The fourth-order valence-corrected chi connectivity index (χ4v) is 7.43. The van der Waals surface area contributed by atoms with Crippen LogP contribution in [0.25, 0.3) is 0 Å². The average Bonchev–Trinajstić information content (AvgIpc) is 2.98. The van der Waals surface area contributed by atoms with Gasteiger partial charge in [-0.15, -0.1) is 0 Å². The van der Waals surface area contributed by atoms with E-state index in [-0.39, 0.29) is 29.5 Å². The molecule has 4 aliphatic rings. The van der Waals surface area contributed by atoms with Gasteiger partial charge in [-0.25, -0.2) is 0 Å². The number of aliphatic hydroxyl groups excluding tert-OH is 1. The van der Waals surface area contributed by atoms with E-state index in [4.69, 9.17) is 4.74 Å². The van der Waals surface area contributed by atoms with Crippen molar-refractivity contribution in [2.75, 3.05) is 6.61 Å². The maximum atomic E-state index is 11.4. The van der Waals surface area contributed by atoms with Gasteiger partial charge < -0.3 is 9.84 Å². The second-order valence-electron chi connectivity index (χ2n) is 10.2. The summed E-state index contributed by atoms with van der Waals surface area (Å²) in [7, 11) is 0. The molecular weight excluding hydrogens is 336 g/mol. The maximum absolute atomic E-state index is 11.4. The summed E-state index contributed by atoms with van der Waals surface area (Å²) in [5, 5.41) is 9.73. The number of aliphatic hydroxyl groups is 1. The van der Waals surface area contributed by atoms with E-state index >= 15 is 0 Å². The average molecular weight is 373 g/mol. The summed E-state index contributed by atoms with van der Waals surface area (Å²) in [5.74, 6) is 2.38. The second kappa shape index (κ2) is 6.76. The van der Waals surface area contributed by atoms with Gasteiger partial charge >= 0.3 is 5.97 Å². The largest absolute Gasteiger partial charge is 0.462 e. The number of esters is 1. The molecule has 0 aromatic carbocycles. The minimum Gasteiger partial charge on any atom is -0.462 e. The Balaban J connectivity index is 1.57. The molecule has 0 radical (unpaired) electrons. The summed E-state index contributed by atoms with van der Waals surface area (Å²) in [6.07, 6.45) is 13.1. The highest BCUT2D eigenvalue weighted by Crippen LogP contribution is 2.65. The van der Waals surface area contributed by atoms with Gasteiger partial charge in [0.05, 0.1) is 0 Å². The molecule has 150 valence electrons. The van der Waals surface area contributed by atoms with Crippen molar-refractivity contribution < 1.29 is 14.6 Å². The van der Waals surface area contributed by atoms with Crippen LogP contribution < -0.4 is 0 Å². The smallest absolute Gasteiger partial charge is 0.302 e. The molecule has 4 aliphatic carbocycles. The van der Waals surface area contributed by atoms with Gasteiger partial charge in [-0.2, -0.15) is 0 Å². The van der Waals surface area contributed by atoms with Crippen LogP contribution in [-0.4, -0.2) is 23.8 Å². The normalized spacial score (nSPS) is 44.3. The summed E-state index contributed by atoms with van der Waals surface area (Å²) >= 11 is 0. The van der Waals surface area contributed by atoms with Crippen LogP contribution in [0, 0.1) is 34.5 Å². The van der Waals surface area contributed by atoms with Crippen LogP contribution in [0.4, 0.5) is 0 Å². The van der Waals surface area contributed by atoms with Gasteiger partial charge in [0.25, 0.3) is 0 Å². The van der Waals surface area contributed by atoms with Crippen molar-refractivity contribution in [1.82, 2.24) is 0 Å². The molecule has 0 bridgehead atoms. The standard InChI is InChI=1S/C24H36O3/c1-15(14-25)20-7-8-21-19-6-5-17-13-18(27-16(2)26)9-11-23(17,3)22(19)10-12-24(20,21)4/h5,7,15,18-19,21-22,25H,6,8-14H2,1-4H3/t15-,18+,19+,21+,22+,23+,24-/m1/s1. The lowest BCUT2D eigenvalue weighted by Crippen LogP contribution is -2.50. The quantitative estimate of drug-likeness (QED) is 0.557. The SMILES string of the molecule is CC(=O)O[C@H]1CC[C@@]2(C)C(=CC[C@@H]3[C@@H]2CC[C@]2(C)C([C@H](C)CO)=CC[C@@H]32)C1. The van der Waals surface area contributed by atoms with Crippen molar-refractivity contribution in [2.24, 2.45) is 34.5 Å². The second-order valence-corrected chi connectivity index (χ2v) is 10.2. The van der Waals surface area contributed by atoms with Crippen LogP contribution >= 0.6 is 0 Å². The Morgan fingerprint density at radius 2 is 1.93 bits per heavy atom. The van der Waals surface area contributed by atoms with Crippen molar-refractivity contribution in [1.29, 1.82) is 0 Å². The van der Waals surface area contributed by atoms with E-state index in [1.807, 2.05) is 0 Å². The fraction of sp³-hybridized carbons (Fsp3) is 0.792. The molecular formula is C24H36O3. The van der Waals surface area contributed by atoms with E-state index in [2.05, 4.69) is 32.9 Å². The third kappa shape index (κ3) is 2.92. The predicted molar refractivity (Wildman–Crippen MR) is 107 cm³/mol.